The van der Waals surface area contributed by atoms with Gasteiger partial charge in [0, 0.05) is 21.6 Å². The van der Waals surface area contributed by atoms with Crippen molar-refractivity contribution in [1.29, 1.82) is 0 Å². The average Bonchev–Trinajstić information content (AvgIpc) is 3.42. The smallest absolute Gasteiger partial charge is 0.240 e. The molecule has 0 unspecified atom stereocenters. The summed E-state index contributed by atoms with van der Waals surface area (Å²) in [7, 11) is 0. The number of tetrazole rings is 1. The lowest BCUT2D eigenvalue weighted by Gasteiger charge is -2.06. The normalized spacial score (nSPS) is 11.8. The van der Waals surface area contributed by atoms with Gasteiger partial charge in [0.25, 0.3) is 0 Å². The summed E-state index contributed by atoms with van der Waals surface area (Å²) >= 11 is 4.51. The van der Waals surface area contributed by atoms with Crippen LogP contribution < -0.4 is 0 Å². The second kappa shape index (κ2) is 8.02. The Kier molecular flexibility index (Phi) is 5.47. The molecule has 3 aromatic heterocycles. The van der Waals surface area contributed by atoms with Crippen molar-refractivity contribution in [3.05, 3.63) is 63.3 Å². The maximum Gasteiger partial charge on any atom is 0.416 e. The molecule has 0 atom stereocenters. The molecule has 0 saturated carbocycles. The zero-order valence-electron chi connectivity index (χ0n) is 14.1. The van der Waals surface area contributed by atoms with E-state index in [1.165, 1.54) is 35.2 Å². The van der Waals surface area contributed by atoms with Gasteiger partial charge in [0.1, 0.15) is 5.01 Å². The summed E-state index contributed by atoms with van der Waals surface area (Å²) in [5.74, 6) is 0.571. The number of hydrogen-bond donors (Lipinski definition) is 0. The third-order valence-electron chi connectivity index (χ3n) is 3.74. The van der Waals surface area contributed by atoms with Crippen molar-refractivity contribution in [2.75, 3.05) is 0 Å². The number of benzene rings is 1. The summed E-state index contributed by atoms with van der Waals surface area (Å²) in [5, 5.41) is 17.1. The molecule has 0 bridgehead atoms. The number of rotatable bonds is 6. The van der Waals surface area contributed by atoms with E-state index in [1.807, 2.05) is 22.9 Å². The Morgan fingerprint density at radius 1 is 1.07 bits per heavy atom. The molecule has 0 radical (unpaired) electrons. The summed E-state index contributed by atoms with van der Waals surface area (Å²) in [6, 6.07) is 9.04. The molecule has 4 rings (SSSR count). The maximum atomic E-state index is 12.7. The van der Waals surface area contributed by atoms with Gasteiger partial charge in [-0.15, -0.1) is 27.8 Å². The highest BCUT2D eigenvalue weighted by Crippen LogP contribution is 2.32. The van der Waals surface area contributed by atoms with E-state index in [9.17, 15) is 13.2 Å². The quantitative estimate of drug-likeness (QED) is 0.386. The van der Waals surface area contributed by atoms with Gasteiger partial charge >= 0.3 is 6.18 Å². The molecule has 4 aromatic rings. The van der Waals surface area contributed by atoms with E-state index in [0.29, 0.717) is 28.0 Å². The number of hydrogen-bond acceptors (Lipinski definition) is 7. The third kappa shape index (κ3) is 4.42. The van der Waals surface area contributed by atoms with Gasteiger partial charge in [-0.05, 0) is 34.0 Å². The van der Waals surface area contributed by atoms with E-state index in [1.54, 1.807) is 16.0 Å². The molecule has 5 nitrogen and oxygen atoms in total. The first-order chi connectivity index (χ1) is 13.5. The molecule has 144 valence electrons. The van der Waals surface area contributed by atoms with Gasteiger partial charge in [0.15, 0.2) is 0 Å². The summed E-state index contributed by atoms with van der Waals surface area (Å²) in [6.45, 7) is 0.612. The van der Waals surface area contributed by atoms with Crippen LogP contribution in [-0.2, 0) is 18.5 Å². The van der Waals surface area contributed by atoms with Gasteiger partial charge in [-0.1, -0.05) is 30.0 Å². The fraction of sp³-hybridized carbons (Fsp3) is 0.176. The molecule has 0 aliphatic heterocycles. The number of aromatic nitrogens is 5. The van der Waals surface area contributed by atoms with Crippen LogP contribution >= 0.6 is 34.4 Å². The minimum atomic E-state index is -4.34. The average molecular weight is 440 g/mol. The van der Waals surface area contributed by atoms with Gasteiger partial charge in [0.05, 0.1) is 17.8 Å². The van der Waals surface area contributed by atoms with Crippen LogP contribution in [-0.4, -0.2) is 25.2 Å². The Bertz CT molecular complexity index is 1040. The highest BCUT2D eigenvalue weighted by Gasteiger charge is 2.30. The highest BCUT2D eigenvalue weighted by atomic mass is 32.2. The third-order valence-corrected chi connectivity index (χ3v) is 6.54. The molecule has 1 aromatic carbocycles. The molecular weight excluding hydrogens is 427 g/mol. The minimum Gasteiger partial charge on any atom is -0.240 e. The van der Waals surface area contributed by atoms with E-state index in [4.69, 9.17) is 0 Å². The molecule has 0 saturated heterocycles. The summed E-state index contributed by atoms with van der Waals surface area (Å²) in [4.78, 5) is 5.68. The van der Waals surface area contributed by atoms with Crippen molar-refractivity contribution < 1.29 is 13.2 Å². The zero-order valence-corrected chi connectivity index (χ0v) is 16.6. The van der Waals surface area contributed by atoms with Crippen LogP contribution in [0, 0.1) is 0 Å². The Labute approximate surface area is 170 Å². The van der Waals surface area contributed by atoms with Gasteiger partial charge in [-0.25, -0.2) is 9.67 Å². The van der Waals surface area contributed by atoms with Crippen molar-refractivity contribution in [3.63, 3.8) is 0 Å². The van der Waals surface area contributed by atoms with Crippen molar-refractivity contribution in [3.8, 4) is 10.6 Å². The predicted molar refractivity (Wildman–Crippen MR) is 103 cm³/mol. The summed E-state index contributed by atoms with van der Waals surface area (Å²) in [6.07, 6.45) is -4.34. The van der Waals surface area contributed by atoms with E-state index in [0.717, 1.165) is 22.7 Å². The van der Waals surface area contributed by atoms with Crippen LogP contribution in [0.25, 0.3) is 10.6 Å². The van der Waals surface area contributed by atoms with Crippen molar-refractivity contribution in [2.24, 2.45) is 0 Å². The lowest BCUT2D eigenvalue weighted by Crippen LogP contribution is -2.03. The molecule has 28 heavy (non-hydrogen) atoms. The number of nitrogens with zero attached hydrogens (tertiary/aromatic N) is 5. The Hall–Kier alpha value is -2.24. The van der Waals surface area contributed by atoms with Crippen LogP contribution in [0.5, 0.6) is 0 Å². The summed E-state index contributed by atoms with van der Waals surface area (Å²) in [5.41, 5.74) is 0.827. The SMILES string of the molecule is FC(F)(F)c1ccc(-c2nc(CSc3nnnn3Cc3cccs3)cs2)cc1. The number of halogens is 3. The molecule has 0 amide bonds. The first kappa shape index (κ1) is 19.1. The monoisotopic (exact) mass is 439 g/mol. The molecule has 11 heteroatoms. The topological polar surface area (TPSA) is 56.5 Å². The first-order valence-corrected chi connectivity index (χ1v) is 10.8. The van der Waals surface area contributed by atoms with Gasteiger partial charge < -0.3 is 0 Å². The Morgan fingerprint density at radius 2 is 1.89 bits per heavy atom. The molecule has 0 spiro atoms. The van der Waals surface area contributed by atoms with E-state index in [-0.39, 0.29) is 0 Å². The maximum absolute atomic E-state index is 12.7. The number of alkyl halides is 3. The Balaban J connectivity index is 1.41. The Morgan fingerprint density at radius 3 is 2.61 bits per heavy atom. The van der Waals surface area contributed by atoms with Gasteiger partial charge in [-0.2, -0.15) is 13.2 Å². The van der Waals surface area contributed by atoms with Crippen LogP contribution in [0.2, 0.25) is 0 Å². The van der Waals surface area contributed by atoms with Crippen molar-refractivity contribution >= 4 is 34.4 Å². The number of thioether (sulfide) groups is 1. The van der Waals surface area contributed by atoms with Crippen molar-refractivity contribution in [2.45, 2.75) is 23.6 Å². The summed E-state index contributed by atoms with van der Waals surface area (Å²) < 4.78 is 39.8. The van der Waals surface area contributed by atoms with Crippen LogP contribution in [0.15, 0.2) is 52.3 Å². The van der Waals surface area contributed by atoms with Crippen LogP contribution in [0.4, 0.5) is 13.2 Å². The number of thiazole rings is 1. The minimum absolute atomic E-state index is 0.571. The zero-order chi connectivity index (χ0) is 19.6. The van der Waals surface area contributed by atoms with E-state index in [2.05, 4.69) is 20.5 Å². The molecule has 0 aliphatic carbocycles. The molecular formula is C17H12F3N5S3. The second-order valence-electron chi connectivity index (χ2n) is 5.71. The van der Waals surface area contributed by atoms with Crippen molar-refractivity contribution in [1.82, 2.24) is 25.2 Å². The molecule has 3 heterocycles. The molecule has 0 N–H and O–H groups in total. The largest absolute Gasteiger partial charge is 0.416 e. The van der Waals surface area contributed by atoms with E-state index >= 15 is 0 Å². The fourth-order valence-electron chi connectivity index (χ4n) is 2.40. The lowest BCUT2D eigenvalue weighted by atomic mass is 10.1. The number of thiophene rings is 1. The molecule has 0 fully saturated rings. The predicted octanol–water partition coefficient (Wildman–Crippen LogP) is 5.22. The van der Waals surface area contributed by atoms with Gasteiger partial charge in [-0.3, -0.25) is 0 Å². The van der Waals surface area contributed by atoms with Crippen LogP contribution in [0.3, 0.4) is 0 Å². The highest BCUT2D eigenvalue weighted by molar-refractivity contribution is 7.98. The van der Waals surface area contributed by atoms with Gasteiger partial charge in [0.2, 0.25) is 5.16 Å². The molecule has 0 aliphatic rings. The van der Waals surface area contributed by atoms with Crippen LogP contribution in [0.1, 0.15) is 16.1 Å². The van der Waals surface area contributed by atoms with E-state index < -0.39 is 11.7 Å². The fourth-order valence-corrected chi connectivity index (χ4v) is 4.78. The first-order valence-electron chi connectivity index (χ1n) is 8.02. The second-order valence-corrected chi connectivity index (χ2v) is 8.54. The lowest BCUT2D eigenvalue weighted by molar-refractivity contribution is -0.137. The standard InChI is InChI=1S/C17H12F3N5S3/c18-17(19,20)12-5-3-11(4-6-12)15-21-13(9-27-15)10-28-16-22-23-24-25(16)8-14-2-1-7-26-14/h1-7,9H,8,10H2.